The summed E-state index contributed by atoms with van der Waals surface area (Å²) in [6.45, 7) is 3.38. The molecule has 0 bridgehead atoms. The molecule has 25 heavy (non-hydrogen) atoms. The molecule has 0 aromatic heterocycles. The fourth-order valence-electron chi connectivity index (χ4n) is 2.89. The number of nitriles is 1. The average molecular weight is 344 g/mol. The van der Waals surface area contributed by atoms with Gasteiger partial charge in [0.05, 0.1) is 11.6 Å². The van der Waals surface area contributed by atoms with Crippen LogP contribution in [0.15, 0.2) is 24.3 Å². The molecule has 0 saturated heterocycles. The van der Waals surface area contributed by atoms with Crippen LogP contribution in [0.25, 0.3) is 0 Å². The minimum atomic E-state index is -0.839. The number of carbonyl (C=O) groups is 2. The molecular formula is C19H24N2O4. The first-order valence-corrected chi connectivity index (χ1v) is 8.62. The van der Waals surface area contributed by atoms with Crippen molar-refractivity contribution in [3.8, 4) is 11.8 Å². The zero-order valence-corrected chi connectivity index (χ0v) is 14.7. The summed E-state index contributed by atoms with van der Waals surface area (Å²) < 4.78 is 10.5. The van der Waals surface area contributed by atoms with Crippen LogP contribution in [-0.4, -0.2) is 30.6 Å². The van der Waals surface area contributed by atoms with Gasteiger partial charge in [-0.2, -0.15) is 5.26 Å². The Bertz CT molecular complexity index is 636. The van der Waals surface area contributed by atoms with E-state index in [9.17, 15) is 9.59 Å². The molecule has 0 unspecified atom stereocenters. The summed E-state index contributed by atoms with van der Waals surface area (Å²) in [5.41, 5.74) is 0.510. The van der Waals surface area contributed by atoms with Gasteiger partial charge in [-0.1, -0.05) is 19.8 Å². The summed E-state index contributed by atoms with van der Waals surface area (Å²) in [7, 11) is 0. The van der Waals surface area contributed by atoms with Crippen molar-refractivity contribution in [3.05, 3.63) is 29.8 Å². The minimum Gasteiger partial charge on any atom is -0.479 e. The number of amides is 1. The van der Waals surface area contributed by atoms with Gasteiger partial charge in [-0.25, -0.2) is 4.79 Å². The number of nitrogens with zero attached hydrogens (tertiary/aromatic N) is 1. The highest BCUT2D eigenvalue weighted by atomic mass is 16.6. The highest BCUT2D eigenvalue weighted by molar-refractivity contribution is 5.82. The molecule has 1 aromatic carbocycles. The van der Waals surface area contributed by atoms with Crippen LogP contribution in [0.3, 0.4) is 0 Å². The fraction of sp³-hybridized carbons (Fsp3) is 0.526. The second-order valence-corrected chi connectivity index (χ2v) is 6.44. The van der Waals surface area contributed by atoms with Crippen LogP contribution in [-0.2, 0) is 14.3 Å². The Morgan fingerprint density at radius 3 is 2.60 bits per heavy atom. The highest BCUT2D eigenvalue weighted by Crippen LogP contribution is 2.23. The Morgan fingerprint density at radius 1 is 1.28 bits per heavy atom. The van der Waals surface area contributed by atoms with E-state index >= 15 is 0 Å². The van der Waals surface area contributed by atoms with Crippen molar-refractivity contribution in [2.45, 2.75) is 51.7 Å². The highest BCUT2D eigenvalue weighted by Gasteiger charge is 2.24. The Kier molecular flexibility index (Phi) is 6.81. The predicted molar refractivity (Wildman–Crippen MR) is 91.8 cm³/mol. The summed E-state index contributed by atoms with van der Waals surface area (Å²) in [5.74, 6) is 0.0323. The Balaban J connectivity index is 1.74. The topological polar surface area (TPSA) is 88.4 Å². The van der Waals surface area contributed by atoms with Crippen molar-refractivity contribution in [1.29, 1.82) is 5.26 Å². The largest absolute Gasteiger partial charge is 0.479 e. The zero-order chi connectivity index (χ0) is 18.2. The first kappa shape index (κ1) is 18.8. The van der Waals surface area contributed by atoms with Gasteiger partial charge in [0.1, 0.15) is 5.75 Å². The third kappa shape index (κ3) is 5.79. The van der Waals surface area contributed by atoms with E-state index in [0.29, 0.717) is 17.2 Å². The summed E-state index contributed by atoms with van der Waals surface area (Å²) in [6, 6.07) is 8.60. The van der Waals surface area contributed by atoms with Crippen molar-refractivity contribution in [1.82, 2.24) is 5.32 Å². The van der Waals surface area contributed by atoms with Gasteiger partial charge in [-0.05, 0) is 49.9 Å². The number of benzene rings is 1. The van der Waals surface area contributed by atoms with Gasteiger partial charge in [0.15, 0.2) is 12.7 Å². The van der Waals surface area contributed by atoms with Gasteiger partial charge in [-0.3, -0.25) is 4.79 Å². The van der Waals surface area contributed by atoms with Crippen LogP contribution in [0, 0.1) is 17.2 Å². The van der Waals surface area contributed by atoms with Crippen LogP contribution >= 0.6 is 0 Å². The molecule has 1 aliphatic rings. The molecule has 134 valence electrons. The molecule has 3 atom stereocenters. The third-order valence-electron chi connectivity index (χ3n) is 4.43. The van der Waals surface area contributed by atoms with Crippen LogP contribution in [0.1, 0.15) is 45.1 Å². The van der Waals surface area contributed by atoms with Gasteiger partial charge in [-0.15, -0.1) is 0 Å². The molecule has 2 rings (SSSR count). The van der Waals surface area contributed by atoms with E-state index in [1.165, 1.54) is 6.42 Å². The van der Waals surface area contributed by atoms with Crippen molar-refractivity contribution in [2.75, 3.05) is 6.61 Å². The maximum atomic E-state index is 12.0. The number of rotatable bonds is 6. The van der Waals surface area contributed by atoms with E-state index in [1.807, 2.05) is 6.07 Å². The van der Waals surface area contributed by atoms with E-state index < -0.39 is 12.1 Å². The molecule has 1 aromatic rings. The van der Waals surface area contributed by atoms with Crippen LogP contribution in [0.2, 0.25) is 0 Å². The van der Waals surface area contributed by atoms with Crippen LogP contribution in [0.5, 0.6) is 5.75 Å². The van der Waals surface area contributed by atoms with Crippen molar-refractivity contribution >= 4 is 11.9 Å². The lowest BCUT2D eigenvalue weighted by molar-refractivity contribution is -0.155. The van der Waals surface area contributed by atoms with Gasteiger partial charge in [0.25, 0.3) is 5.91 Å². The first-order valence-electron chi connectivity index (χ1n) is 8.62. The zero-order valence-electron chi connectivity index (χ0n) is 14.7. The number of esters is 1. The van der Waals surface area contributed by atoms with E-state index in [1.54, 1.807) is 31.2 Å². The maximum Gasteiger partial charge on any atom is 0.347 e. The molecule has 1 saturated carbocycles. The molecule has 6 nitrogen and oxygen atoms in total. The van der Waals surface area contributed by atoms with Crippen molar-refractivity contribution in [3.63, 3.8) is 0 Å². The molecule has 1 aliphatic carbocycles. The molecule has 6 heteroatoms. The second-order valence-electron chi connectivity index (χ2n) is 6.44. The predicted octanol–water partition coefficient (Wildman–Crippen LogP) is 2.56. The normalized spacial score (nSPS) is 20.8. The van der Waals surface area contributed by atoms with Crippen LogP contribution < -0.4 is 10.1 Å². The first-order chi connectivity index (χ1) is 12.0. The van der Waals surface area contributed by atoms with Gasteiger partial charge < -0.3 is 14.8 Å². The van der Waals surface area contributed by atoms with Gasteiger partial charge >= 0.3 is 5.97 Å². The Hall–Kier alpha value is -2.55. The number of hydrogen-bond acceptors (Lipinski definition) is 5. The van der Waals surface area contributed by atoms with E-state index in [2.05, 4.69) is 12.2 Å². The summed E-state index contributed by atoms with van der Waals surface area (Å²) in [6.07, 6.45) is 3.56. The maximum absolute atomic E-state index is 12.0. The number of ether oxygens (including phenoxy) is 2. The number of carbonyl (C=O) groups excluding carboxylic acids is 2. The summed E-state index contributed by atoms with van der Waals surface area (Å²) in [4.78, 5) is 23.9. The van der Waals surface area contributed by atoms with Crippen molar-refractivity contribution < 1.29 is 19.1 Å². The van der Waals surface area contributed by atoms with E-state index in [0.717, 1.165) is 19.3 Å². The van der Waals surface area contributed by atoms with Crippen molar-refractivity contribution in [2.24, 2.45) is 5.92 Å². The number of nitrogens with one attached hydrogen (secondary N) is 1. The molecule has 1 fully saturated rings. The summed E-state index contributed by atoms with van der Waals surface area (Å²) in [5, 5.41) is 11.7. The average Bonchev–Trinajstić information content (AvgIpc) is 2.62. The van der Waals surface area contributed by atoms with E-state index in [4.69, 9.17) is 14.7 Å². The fourth-order valence-corrected chi connectivity index (χ4v) is 2.89. The molecule has 1 N–H and O–H groups in total. The van der Waals surface area contributed by atoms with Crippen LogP contribution in [0.4, 0.5) is 0 Å². The standard InChI is InChI=1S/C19H24N2O4/c1-13-5-3-4-6-17(13)21-18(22)12-24-19(23)14(2)25-16-9-7-15(11-20)8-10-16/h7-10,13-14,17H,3-6,12H2,1-2H3,(H,21,22)/t13-,14+,17-/m0/s1. The quantitative estimate of drug-likeness (QED) is 0.801. The minimum absolute atomic E-state index is 0.160. The lowest BCUT2D eigenvalue weighted by Crippen LogP contribution is -2.43. The molecule has 0 spiro atoms. The molecule has 0 aliphatic heterocycles. The number of hydrogen-bond donors (Lipinski definition) is 1. The lowest BCUT2D eigenvalue weighted by atomic mass is 9.86. The Labute approximate surface area is 148 Å². The smallest absolute Gasteiger partial charge is 0.347 e. The molecule has 0 heterocycles. The molecular weight excluding hydrogens is 320 g/mol. The Morgan fingerprint density at radius 2 is 1.96 bits per heavy atom. The third-order valence-corrected chi connectivity index (χ3v) is 4.43. The SMILES string of the molecule is C[C@@H](Oc1ccc(C#N)cc1)C(=O)OCC(=O)N[C@H]1CCCC[C@@H]1C. The second kappa shape index (κ2) is 9.07. The summed E-state index contributed by atoms with van der Waals surface area (Å²) >= 11 is 0. The van der Waals surface area contributed by atoms with Gasteiger partial charge in [0, 0.05) is 6.04 Å². The van der Waals surface area contributed by atoms with Gasteiger partial charge in [0.2, 0.25) is 0 Å². The molecule has 1 amide bonds. The monoisotopic (exact) mass is 344 g/mol. The lowest BCUT2D eigenvalue weighted by Gasteiger charge is -2.29. The van der Waals surface area contributed by atoms with E-state index in [-0.39, 0.29) is 18.6 Å². The molecule has 0 radical (unpaired) electrons.